The van der Waals surface area contributed by atoms with Crippen LogP contribution in [0.5, 0.6) is 0 Å². The highest BCUT2D eigenvalue weighted by atomic mass is 19.1. The van der Waals surface area contributed by atoms with Crippen molar-refractivity contribution in [2.24, 2.45) is 0 Å². The van der Waals surface area contributed by atoms with E-state index in [9.17, 15) is 13.6 Å². The molecule has 18 heavy (non-hydrogen) atoms. The maximum absolute atomic E-state index is 13.3. The van der Waals surface area contributed by atoms with Crippen molar-refractivity contribution in [1.29, 1.82) is 0 Å². The Morgan fingerprint density at radius 1 is 1.44 bits per heavy atom. The lowest BCUT2D eigenvalue weighted by molar-refractivity contribution is -0.122. The summed E-state index contributed by atoms with van der Waals surface area (Å²) in [6, 6.07) is 3.21. The molecule has 5 heteroatoms. The van der Waals surface area contributed by atoms with Gasteiger partial charge in [0.2, 0.25) is 5.91 Å². The lowest BCUT2D eigenvalue weighted by Gasteiger charge is -2.11. The molecular weight excluding hydrogens is 238 g/mol. The van der Waals surface area contributed by atoms with Crippen LogP contribution in [0.1, 0.15) is 18.4 Å². The van der Waals surface area contributed by atoms with Crippen LogP contribution in [-0.4, -0.2) is 25.0 Å². The van der Waals surface area contributed by atoms with Crippen LogP contribution in [0.3, 0.4) is 0 Å². The van der Waals surface area contributed by atoms with Gasteiger partial charge in [-0.3, -0.25) is 4.79 Å². The van der Waals surface area contributed by atoms with Crippen LogP contribution in [0.15, 0.2) is 18.2 Å². The zero-order valence-electron chi connectivity index (χ0n) is 10.0. The Labute approximate surface area is 105 Å². The van der Waals surface area contributed by atoms with Gasteiger partial charge in [0.15, 0.2) is 0 Å². The minimum atomic E-state index is -0.463. The van der Waals surface area contributed by atoms with E-state index in [1.807, 2.05) is 0 Å². The monoisotopic (exact) mass is 254 g/mol. The number of benzene rings is 1. The number of halogens is 2. The topological polar surface area (TPSA) is 41.1 Å². The Morgan fingerprint density at radius 2 is 2.28 bits per heavy atom. The third kappa shape index (κ3) is 3.26. The van der Waals surface area contributed by atoms with E-state index in [0.717, 1.165) is 37.6 Å². The molecule has 3 nitrogen and oxygen atoms in total. The van der Waals surface area contributed by atoms with Gasteiger partial charge in [-0.15, -0.1) is 0 Å². The molecule has 1 aliphatic rings. The molecular formula is C13H16F2N2O. The van der Waals surface area contributed by atoms with Crippen molar-refractivity contribution in [3.05, 3.63) is 35.4 Å². The molecule has 1 atom stereocenters. The summed E-state index contributed by atoms with van der Waals surface area (Å²) in [6.45, 7) is 1.17. The first kappa shape index (κ1) is 13.0. The van der Waals surface area contributed by atoms with E-state index < -0.39 is 11.6 Å². The molecule has 0 aliphatic carbocycles. The van der Waals surface area contributed by atoms with E-state index in [1.54, 1.807) is 0 Å². The third-order valence-electron chi connectivity index (χ3n) is 3.08. The Balaban J connectivity index is 1.81. The zero-order chi connectivity index (χ0) is 13.0. The third-order valence-corrected chi connectivity index (χ3v) is 3.08. The minimum absolute atomic E-state index is 0.0655. The molecule has 1 amide bonds. The molecule has 1 aromatic carbocycles. The van der Waals surface area contributed by atoms with Crippen LogP contribution in [0.2, 0.25) is 0 Å². The number of hydrogen-bond donors (Lipinski definition) is 2. The second-order valence-electron chi connectivity index (χ2n) is 4.43. The molecule has 1 aromatic rings. The van der Waals surface area contributed by atoms with E-state index in [-0.39, 0.29) is 17.5 Å². The normalized spacial score (nSPS) is 18.9. The molecule has 1 heterocycles. The molecule has 0 spiro atoms. The summed E-state index contributed by atoms with van der Waals surface area (Å²) in [7, 11) is 0. The van der Waals surface area contributed by atoms with E-state index in [1.165, 1.54) is 0 Å². The summed E-state index contributed by atoms with van der Waals surface area (Å²) >= 11 is 0. The van der Waals surface area contributed by atoms with E-state index in [2.05, 4.69) is 10.6 Å². The Hall–Kier alpha value is -1.49. The highest BCUT2D eigenvalue weighted by Gasteiger charge is 2.21. The Bertz CT molecular complexity index is 431. The summed E-state index contributed by atoms with van der Waals surface area (Å²) in [5.74, 6) is -0.968. The summed E-state index contributed by atoms with van der Waals surface area (Å²) in [5, 5.41) is 5.81. The summed E-state index contributed by atoms with van der Waals surface area (Å²) < 4.78 is 26.2. The van der Waals surface area contributed by atoms with E-state index in [0.29, 0.717) is 13.0 Å². The molecule has 1 aliphatic heterocycles. The number of rotatable bonds is 4. The van der Waals surface area contributed by atoms with Gasteiger partial charge >= 0.3 is 0 Å². The number of nitrogens with one attached hydrogen (secondary N) is 2. The Morgan fingerprint density at radius 3 is 3.00 bits per heavy atom. The fourth-order valence-corrected chi connectivity index (χ4v) is 2.09. The first-order valence-electron chi connectivity index (χ1n) is 6.12. The molecule has 2 N–H and O–H groups in total. The summed E-state index contributed by atoms with van der Waals surface area (Å²) in [4.78, 5) is 11.6. The van der Waals surface area contributed by atoms with Gasteiger partial charge in [0.1, 0.15) is 11.6 Å². The second-order valence-corrected chi connectivity index (χ2v) is 4.43. The number of amides is 1. The van der Waals surface area contributed by atoms with E-state index in [4.69, 9.17) is 0 Å². The van der Waals surface area contributed by atoms with Gasteiger partial charge in [0, 0.05) is 6.54 Å². The summed E-state index contributed by atoms with van der Waals surface area (Å²) in [5.41, 5.74) is 0.287. The SMILES string of the molecule is O=C(NCCc1cc(F)ccc1F)C1CCCN1. The van der Waals surface area contributed by atoms with Crippen molar-refractivity contribution in [2.45, 2.75) is 25.3 Å². The van der Waals surface area contributed by atoms with Crippen molar-refractivity contribution >= 4 is 5.91 Å². The van der Waals surface area contributed by atoms with Crippen LogP contribution in [-0.2, 0) is 11.2 Å². The smallest absolute Gasteiger partial charge is 0.237 e. The first-order valence-corrected chi connectivity index (χ1v) is 6.12. The predicted octanol–water partition coefficient (Wildman–Crippen LogP) is 1.38. The highest BCUT2D eigenvalue weighted by Crippen LogP contribution is 2.10. The lowest BCUT2D eigenvalue weighted by atomic mass is 10.1. The van der Waals surface area contributed by atoms with E-state index >= 15 is 0 Å². The van der Waals surface area contributed by atoms with Gasteiger partial charge < -0.3 is 10.6 Å². The maximum atomic E-state index is 13.3. The van der Waals surface area contributed by atoms with Crippen LogP contribution >= 0.6 is 0 Å². The number of carbonyl (C=O) groups excluding carboxylic acids is 1. The molecule has 98 valence electrons. The van der Waals surface area contributed by atoms with Crippen molar-refractivity contribution in [2.75, 3.05) is 13.1 Å². The lowest BCUT2D eigenvalue weighted by Crippen LogP contribution is -2.41. The fraction of sp³-hybridized carbons (Fsp3) is 0.462. The predicted molar refractivity (Wildman–Crippen MR) is 64.1 cm³/mol. The second kappa shape index (κ2) is 5.91. The van der Waals surface area contributed by atoms with Crippen molar-refractivity contribution in [3.8, 4) is 0 Å². The van der Waals surface area contributed by atoms with Crippen molar-refractivity contribution < 1.29 is 13.6 Å². The maximum Gasteiger partial charge on any atom is 0.237 e. The highest BCUT2D eigenvalue weighted by molar-refractivity contribution is 5.81. The largest absolute Gasteiger partial charge is 0.354 e. The van der Waals surface area contributed by atoms with Crippen molar-refractivity contribution in [1.82, 2.24) is 10.6 Å². The van der Waals surface area contributed by atoms with Gasteiger partial charge in [-0.05, 0) is 49.6 Å². The molecule has 0 saturated carbocycles. The zero-order valence-corrected chi connectivity index (χ0v) is 10.0. The van der Waals surface area contributed by atoms with Gasteiger partial charge in [0.25, 0.3) is 0 Å². The minimum Gasteiger partial charge on any atom is -0.354 e. The first-order chi connectivity index (χ1) is 8.66. The van der Waals surface area contributed by atoms with Crippen LogP contribution in [0.25, 0.3) is 0 Å². The standard InChI is InChI=1S/C13H16F2N2O/c14-10-3-4-11(15)9(8-10)5-7-17-13(18)12-2-1-6-16-12/h3-4,8,12,16H,1-2,5-7H2,(H,17,18). The quantitative estimate of drug-likeness (QED) is 0.852. The molecule has 1 fully saturated rings. The molecule has 1 saturated heterocycles. The van der Waals surface area contributed by atoms with Gasteiger partial charge in [-0.2, -0.15) is 0 Å². The van der Waals surface area contributed by atoms with Crippen LogP contribution in [0, 0.1) is 11.6 Å². The van der Waals surface area contributed by atoms with Crippen LogP contribution in [0.4, 0.5) is 8.78 Å². The van der Waals surface area contributed by atoms with Gasteiger partial charge in [-0.1, -0.05) is 0 Å². The number of carbonyl (C=O) groups is 1. The Kier molecular flexibility index (Phi) is 4.25. The van der Waals surface area contributed by atoms with Gasteiger partial charge in [0.05, 0.1) is 6.04 Å². The van der Waals surface area contributed by atoms with Crippen LogP contribution < -0.4 is 10.6 Å². The summed E-state index contributed by atoms with van der Waals surface area (Å²) in [6.07, 6.45) is 2.12. The molecule has 2 rings (SSSR count). The average Bonchev–Trinajstić information content (AvgIpc) is 2.87. The number of hydrogen-bond acceptors (Lipinski definition) is 2. The van der Waals surface area contributed by atoms with Crippen molar-refractivity contribution in [3.63, 3.8) is 0 Å². The average molecular weight is 254 g/mol. The molecule has 1 unspecified atom stereocenters. The fourth-order valence-electron chi connectivity index (χ4n) is 2.09. The van der Waals surface area contributed by atoms with Gasteiger partial charge in [-0.25, -0.2) is 8.78 Å². The molecule has 0 bridgehead atoms. The molecule has 0 aromatic heterocycles. The molecule has 0 radical (unpaired) electrons.